The van der Waals surface area contributed by atoms with E-state index in [9.17, 15) is 9.59 Å². The molecule has 0 radical (unpaired) electrons. The Labute approximate surface area is 199 Å². The Hall–Kier alpha value is -2.08. The van der Waals surface area contributed by atoms with Crippen LogP contribution in [0.1, 0.15) is 57.1 Å². The lowest BCUT2D eigenvalue weighted by molar-refractivity contribution is -0.173. The number of ether oxygens (including phenoxy) is 1. The third kappa shape index (κ3) is 4.39. The highest BCUT2D eigenvalue weighted by molar-refractivity contribution is 6.31. The molecule has 1 heterocycles. The molecule has 2 aromatic carbocycles. The number of anilines is 1. The van der Waals surface area contributed by atoms with Crippen molar-refractivity contribution in [1.29, 1.82) is 0 Å². The summed E-state index contributed by atoms with van der Waals surface area (Å²) in [7, 11) is 0. The van der Waals surface area contributed by atoms with Gasteiger partial charge in [0.15, 0.2) is 6.23 Å². The number of nitrogens with one attached hydrogen (secondary N) is 1. The first-order chi connectivity index (χ1) is 15.3. The SMILES string of the molecule is CC(=O)OC(C)N(C1CCCCC1)C1(Cc2cccc(Cl)c2)C(=O)Nc2cc(Cl)ccc21. The summed E-state index contributed by atoms with van der Waals surface area (Å²) in [6, 6.07) is 13.2. The van der Waals surface area contributed by atoms with Gasteiger partial charge in [0.05, 0.1) is 0 Å². The summed E-state index contributed by atoms with van der Waals surface area (Å²) in [5.74, 6) is -0.509. The molecule has 1 saturated carbocycles. The van der Waals surface area contributed by atoms with E-state index in [1.807, 2.05) is 43.3 Å². The Morgan fingerprint density at radius 3 is 2.56 bits per heavy atom. The summed E-state index contributed by atoms with van der Waals surface area (Å²) in [4.78, 5) is 27.9. The van der Waals surface area contributed by atoms with Gasteiger partial charge in [0, 0.05) is 40.7 Å². The molecule has 0 aromatic heterocycles. The number of nitrogens with zero attached hydrogens (tertiary/aromatic N) is 1. The van der Waals surface area contributed by atoms with Crippen LogP contribution in [0.2, 0.25) is 10.0 Å². The zero-order valence-corrected chi connectivity index (χ0v) is 19.9. The number of hydrogen-bond acceptors (Lipinski definition) is 4. The van der Waals surface area contributed by atoms with Crippen molar-refractivity contribution >= 4 is 40.8 Å². The highest BCUT2D eigenvalue weighted by Crippen LogP contribution is 2.47. The number of esters is 1. The maximum atomic E-state index is 13.9. The molecule has 2 unspecified atom stereocenters. The van der Waals surface area contributed by atoms with Crippen LogP contribution >= 0.6 is 23.2 Å². The summed E-state index contributed by atoms with van der Waals surface area (Å²) in [5, 5.41) is 4.22. The molecule has 2 aliphatic rings. The highest BCUT2D eigenvalue weighted by atomic mass is 35.5. The number of carbonyl (C=O) groups is 2. The predicted molar refractivity (Wildman–Crippen MR) is 127 cm³/mol. The summed E-state index contributed by atoms with van der Waals surface area (Å²) in [6.45, 7) is 3.26. The molecular formula is C25H28Cl2N2O3. The van der Waals surface area contributed by atoms with Crippen LogP contribution in [-0.4, -0.2) is 29.0 Å². The van der Waals surface area contributed by atoms with E-state index in [4.69, 9.17) is 27.9 Å². The van der Waals surface area contributed by atoms with Crippen LogP contribution in [0.15, 0.2) is 42.5 Å². The molecule has 170 valence electrons. The molecule has 1 N–H and O–H groups in total. The number of halogens is 2. The van der Waals surface area contributed by atoms with Crippen LogP contribution in [0.25, 0.3) is 0 Å². The molecule has 32 heavy (non-hydrogen) atoms. The number of hydrogen-bond donors (Lipinski definition) is 1. The molecule has 0 spiro atoms. The zero-order valence-electron chi connectivity index (χ0n) is 18.4. The van der Waals surface area contributed by atoms with E-state index in [-0.39, 0.29) is 17.9 Å². The van der Waals surface area contributed by atoms with E-state index < -0.39 is 11.8 Å². The third-order valence-corrected chi connectivity index (χ3v) is 7.01. The normalized spacial score (nSPS) is 21.8. The fourth-order valence-electron chi connectivity index (χ4n) is 5.37. The van der Waals surface area contributed by atoms with Crippen LogP contribution in [0, 0.1) is 0 Å². The van der Waals surface area contributed by atoms with E-state index in [1.165, 1.54) is 13.3 Å². The molecule has 1 amide bonds. The van der Waals surface area contributed by atoms with E-state index >= 15 is 0 Å². The molecule has 5 nitrogen and oxygen atoms in total. The van der Waals surface area contributed by atoms with Gasteiger partial charge in [0.2, 0.25) is 5.91 Å². The molecule has 4 rings (SSSR count). The second-order valence-electron chi connectivity index (χ2n) is 8.72. The first kappa shape index (κ1) is 23.1. The Bertz CT molecular complexity index is 1020. The maximum absolute atomic E-state index is 13.9. The highest BCUT2D eigenvalue weighted by Gasteiger charge is 2.55. The monoisotopic (exact) mass is 474 g/mol. The second-order valence-corrected chi connectivity index (χ2v) is 9.59. The Morgan fingerprint density at radius 1 is 1.16 bits per heavy atom. The van der Waals surface area contributed by atoms with Crippen molar-refractivity contribution in [2.24, 2.45) is 0 Å². The molecule has 2 aromatic rings. The average molecular weight is 475 g/mol. The summed E-state index contributed by atoms with van der Waals surface area (Å²) in [6.07, 6.45) is 5.04. The number of amides is 1. The van der Waals surface area contributed by atoms with Crippen molar-refractivity contribution in [2.75, 3.05) is 5.32 Å². The van der Waals surface area contributed by atoms with Gasteiger partial charge in [-0.05, 0) is 49.6 Å². The molecule has 1 aliphatic heterocycles. The van der Waals surface area contributed by atoms with Gasteiger partial charge in [0.25, 0.3) is 0 Å². The molecule has 1 fully saturated rings. The van der Waals surface area contributed by atoms with Gasteiger partial charge in [-0.25, -0.2) is 4.90 Å². The number of fused-ring (bicyclic) bond motifs is 1. The molecule has 0 saturated heterocycles. The molecule has 2 atom stereocenters. The van der Waals surface area contributed by atoms with E-state index in [0.717, 1.165) is 36.8 Å². The van der Waals surface area contributed by atoms with E-state index in [2.05, 4.69) is 10.2 Å². The largest absolute Gasteiger partial charge is 0.447 e. The van der Waals surface area contributed by atoms with Gasteiger partial charge in [-0.3, -0.25) is 9.59 Å². The number of carbonyl (C=O) groups excluding carboxylic acids is 2. The predicted octanol–water partition coefficient (Wildman–Crippen LogP) is 5.93. The summed E-state index contributed by atoms with van der Waals surface area (Å²) < 4.78 is 5.71. The lowest BCUT2D eigenvalue weighted by Gasteiger charge is -2.48. The van der Waals surface area contributed by atoms with Crippen LogP contribution in [0.4, 0.5) is 5.69 Å². The molecule has 1 aliphatic carbocycles. The second kappa shape index (κ2) is 9.42. The first-order valence-corrected chi connectivity index (χ1v) is 11.9. The van der Waals surface area contributed by atoms with Gasteiger partial charge in [-0.2, -0.15) is 0 Å². The first-order valence-electron chi connectivity index (χ1n) is 11.1. The molecule has 0 bridgehead atoms. The zero-order chi connectivity index (χ0) is 22.9. The minimum atomic E-state index is -1.05. The standard InChI is InChI=1S/C25H28Cl2N2O3/c1-16(32-17(2)30)29(21-9-4-3-5-10-21)25(15-18-7-6-8-19(26)13-18)22-12-11-20(27)14-23(22)28-24(25)31/h6-8,11-14,16,21H,3-5,9-10,15H2,1-2H3,(H,28,31). The quantitative estimate of drug-likeness (QED) is 0.416. The van der Waals surface area contributed by atoms with E-state index in [1.54, 1.807) is 6.07 Å². The van der Waals surface area contributed by atoms with Crippen LogP contribution in [0.5, 0.6) is 0 Å². The number of benzene rings is 2. The maximum Gasteiger partial charge on any atom is 0.304 e. The van der Waals surface area contributed by atoms with Crippen LogP contribution in [0.3, 0.4) is 0 Å². The number of rotatable bonds is 6. The minimum absolute atomic E-state index is 0.102. The Balaban J connectivity index is 1.90. The van der Waals surface area contributed by atoms with Crippen molar-refractivity contribution in [3.8, 4) is 0 Å². The Kier molecular flexibility index (Phi) is 6.80. The van der Waals surface area contributed by atoms with Gasteiger partial charge in [0.1, 0.15) is 5.54 Å². The molecule has 7 heteroatoms. The summed E-state index contributed by atoms with van der Waals surface area (Å²) >= 11 is 12.5. The fourth-order valence-corrected chi connectivity index (χ4v) is 5.75. The minimum Gasteiger partial charge on any atom is -0.447 e. The fraction of sp³-hybridized carbons (Fsp3) is 0.440. The topological polar surface area (TPSA) is 58.6 Å². The summed E-state index contributed by atoms with van der Waals surface area (Å²) in [5.41, 5.74) is 1.42. The van der Waals surface area contributed by atoms with Crippen molar-refractivity contribution in [3.05, 3.63) is 63.6 Å². The lowest BCUT2D eigenvalue weighted by Crippen LogP contribution is -2.61. The molecular weight excluding hydrogens is 447 g/mol. The van der Waals surface area contributed by atoms with Gasteiger partial charge in [-0.1, -0.05) is 60.7 Å². The van der Waals surface area contributed by atoms with Crippen molar-refractivity contribution in [2.45, 2.75) is 70.2 Å². The smallest absolute Gasteiger partial charge is 0.304 e. The van der Waals surface area contributed by atoms with Crippen molar-refractivity contribution in [1.82, 2.24) is 4.90 Å². The van der Waals surface area contributed by atoms with Gasteiger partial charge < -0.3 is 10.1 Å². The van der Waals surface area contributed by atoms with Crippen molar-refractivity contribution < 1.29 is 14.3 Å². The van der Waals surface area contributed by atoms with Gasteiger partial charge >= 0.3 is 5.97 Å². The Morgan fingerprint density at radius 2 is 1.88 bits per heavy atom. The van der Waals surface area contributed by atoms with Crippen molar-refractivity contribution in [3.63, 3.8) is 0 Å². The van der Waals surface area contributed by atoms with Crippen LogP contribution < -0.4 is 5.32 Å². The third-order valence-electron chi connectivity index (χ3n) is 6.54. The van der Waals surface area contributed by atoms with Gasteiger partial charge in [-0.15, -0.1) is 0 Å². The van der Waals surface area contributed by atoms with E-state index in [0.29, 0.717) is 22.2 Å². The average Bonchev–Trinajstić information content (AvgIpc) is 2.99. The lowest BCUT2D eigenvalue weighted by atomic mass is 9.79. The van der Waals surface area contributed by atoms with Crippen LogP contribution in [-0.2, 0) is 26.3 Å².